The number of hydrogen-bond acceptors (Lipinski definition) is 4. The molecule has 9 heteroatoms. The lowest BCUT2D eigenvalue weighted by atomic mass is 9.75. The Morgan fingerprint density at radius 3 is 2.58 bits per heavy atom. The van der Waals surface area contributed by atoms with E-state index in [9.17, 15) is 27.1 Å². The molecule has 0 aromatic heterocycles. The molecule has 0 aliphatic heterocycles. The summed E-state index contributed by atoms with van der Waals surface area (Å²) in [4.78, 5) is 12.0. The highest BCUT2D eigenvalue weighted by Crippen LogP contribution is 2.39. The Morgan fingerprint density at radius 1 is 1.38 bits per heavy atom. The fourth-order valence-electron chi connectivity index (χ4n) is 2.70. The molecule has 0 spiro atoms. The Balaban J connectivity index is 2.05. The zero-order valence-corrected chi connectivity index (χ0v) is 13.9. The molecule has 1 atom stereocenters. The number of rotatable bonds is 7. The number of sulfonamides is 1. The van der Waals surface area contributed by atoms with Gasteiger partial charge in [-0.2, -0.15) is 0 Å². The van der Waals surface area contributed by atoms with Gasteiger partial charge in [0.1, 0.15) is 11.6 Å². The van der Waals surface area contributed by atoms with Gasteiger partial charge in [-0.25, -0.2) is 21.9 Å². The van der Waals surface area contributed by atoms with Gasteiger partial charge in [-0.1, -0.05) is 6.07 Å². The van der Waals surface area contributed by atoms with Crippen LogP contribution in [0.5, 0.6) is 0 Å². The fraction of sp³-hybridized carbons (Fsp3) is 0.533. The molecule has 0 radical (unpaired) electrons. The Morgan fingerprint density at radius 2 is 2.04 bits per heavy atom. The van der Waals surface area contributed by atoms with Crippen molar-refractivity contribution in [2.75, 3.05) is 12.8 Å². The summed E-state index contributed by atoms with van der Waals surface area (Å²) in [5.74, 6) is -2.10. The average molecular weight is 362 g/mol. The highest BCUT2D eigenvalue weighted by atomic mass is 32.2. The second-order valence-corrected chi connectivity index (χ2v) is 7.85. The molecule has 0 bridgehead atoms. The van der Waals surface area contributed by atoms with E-state index in [4.69, 9.17) is 0 Å². The SMILES string of the molecule is CS(=O)(=O)NCCC(=O)N[C@H](c1ccc(F)cc1F)C1CC(O)C1. The van der Waals surface area contributed by atoms with Gasteiger partial charge >= 0.3 is 0 Å². The van der Waals surface area contributed by atoms with Gasteiger partial charge in [-0.05, 0) is 24.8 Å². The molecule has 0 unspecified atom stereocenters. The Labute approximate surface area is 139 Å². The van der Waals surface area contributed by atoms with E-state index >= 15 is 0 Å². The van der Waals surface area contributed by atoms with E-state index < -0.39 is 39.7 Å². The van der Waals surface area contributed by atoms with Crippen LogP contribution in [-0.4, -0.2) is 38.3 Å². The van der Waals surface area contributed by atoms with Crippen LogP contribution in [0.3, 0.4) is 0 Å². The molecular weight excluding hydrogens is 342 g/mol. The van der Waals surface area contributed by atoms with Crippen molar-refractivity contribution in [3.63, 3.8) is 0 Å². The highest BCUT2D eigenvalue weighted by Gasteiger charge is 2.36. The molecule has 1 fully saturated rings. The van der Waals surface area contributed by atoms with Crippen LogP contribution in [0.15, 0.2) is 18.2 Å². The minimum atomic E-state index is -3.39. The first-order valence-electron chi connectivity index (χ1n) is 7.52. The summed E-state index contributed by atoms with van der Waals surface area (Å²) >= 11 is 0. The van der Waals surface area contributed by atoms with Gasteiger partial charge in [-0.15, -0.1) is 0 Å². The molecule has 0 saturated heterocycles. The van der Waals surface area contributed by atoms with Crippen molar-refractivity contribution in [3.05, 3.63) is 35.4 Å². The molecule has 1 aliphatic rings. The van der Waals surface area contributed by atoms with E-state index in [2.05, 4.69) is 10.0 Å². The second kappa shape index (κ2) is 7.54. The van der Waals surface area contributed by atoms with Crippen LogP contribution in [0.1, 0.15) is 30.9 Å². The third-order valence-electron chi connectivity index (χ3n) is 3.95. The lowest BCUT2D eigenvalue weighted by molar-refractivity contribution is -0.122. The van der Waals surface area contributed by atoms with Gasteiger partial charge in [0.05, 0.1) is 18.4 Å². The normalized spacial score (nSPS) is 21.8. The summed E-state index contributed by atoms with van der Waals surface area (Å²) in [5.41, 5.74) is 0.151. The summed E-state index contributed by atoms with van der Waals surface area (Å²) < 4.78 is 51.3. The zero-order valence-electron chi connectivity index (χ0n) is 13.1. The molecule has 134 valence electrons. The van der Waals surface area contributed by atoms with Gasteiger partial charge < -0.3 is 10.4 Å². The number of amides is 1. The minimum absolute atomic E-state index is 0.0728. The number of aliphatic hydroxyl groups is 1. The first-order chi connectivity index (χ1) is 11.2. The van der Waals surface area contributed by atoms with Crippen molar-refractivity contribution >= 4 is 15.9 Å². The Hall–Kier alpha value is -1.58. The first kappa shape index (κ1) is 18.8. The summed E-state index contributed by atoms with van der Waals surface area (Å²) in [6.45, 7) is -0.0728. The third kappa shape index (κ3) is 5.22. The largest absolute Gasteiger partial charge is 0.393 e. The number of benzene rings is 1. The predicted molar refractivity (Wildman–Crippen MR) is 83.4 cm³/mol. The fourth-order valence-corrected chi connectivity index (χ4v) is 3.17. The first-order valence-corrected chi connectivity index (χ1v) is 9.42. The van der Waals surface area contributed by atoms with E-state index in [0.717, 1.165) is 18.4 Å². The smallest absolute Gasteiger partial charge is 0.221 e. The van der Waals surface area contributed by atoms with E-state index in [1.807, 2.05) is 0 Å². The van der Waals surface area contributed by atoms with Gasteiger partial charge in [-0.3, -0.25) is 4.79 Å². The number of nitrogens with one attached hydrogen (secondary N) is 2. The van der Waals surface area contributed by atoms with Crippen molar-refractivity contribution in [1.29, 1.82) is 0 Å². The summed E-state index contributed by atoms with van der Waals surface area (Å²) in [5, 5.41) is 12.1. The second-order valence-electron chi connectivity index (χ2n) is 6.01. The highest BCUT2D eigenvalue weighted by molar-refractivity contribution is 7.88. The van der Waals surface area contributed by atoms with Crippen molar-refractivity contribution < 1.29 is 27.1 Å². The average Bonchev–Trinajstić information content (AvgIpc) is 2.41. The van der Waals surface area contributed by atoms with E-state index in [0.29, 0.717) is 12.8 Å². The minimum Gasteiger partial charge on any atom is -0.393 e. The molecule has 0 heterocycles. The van der Waals surface area contributed by atoms with Gasteiger partial charge in [0.2, 0.25) is 15.9 Å². The Kier molecular flexibility index (Phi) is 5.89. The van der Waals surface area contributed by atoms with Gasteiger partial charge in [0.15, 0.2) is 0 Å². The van der Waals surface area contributed by atoms with Crippen LogP contribution < -0.4 is 10.0 Å². The monoisotopic (exact) mass is 362 g/mol. The Bertz CT molecular complexity index is 705. The zero-order chi connectivity index (χ0) is 17.9. The molecule has 1 aromatic rings. The van der Waals surface area contributed by atoms with Gasteiger partial charge in [0, 0.05) is 24.6 Å². The number of carbonyl (C=O) groups is 1. The standard InChI is InChI=1S/C15H20F2N2O4S/c1-24(22,23)18-5-4-14(21)19-15(9-6-11(20)7-9)12-3-2-10(16)8-13(12)17/h2-3,8-9,11,15,18,20H,4-7H2,1H3,(H,19,21)/t9?,11?,15-/m0/s1. The molecule has 1 aromatic carbocycles. The van der Waals surface area contributed by atoms with Crippen LogP contribution in [-0.2, 0) is 14.8 Å². The maximum absolute atomic E-state index is 14.0. The molecule has 24 heavy (non-hydrogen) atoms. The van der Waals surface area contributed by atoms with Crippen molar-refractivity contribution in [2.45, 2.75) is 31.4 Å². The number of carbonyl (C=O) groups excluding carboxylic acids is 1. The number of hydrogen-bond donors (Lipinski definition) is 3. The topological polar surface area (TPSA) is 95.5 Å². The number of halogens is 2. The molecule has 3 N–H and O–H groups in total. The summed E-state index contributed by atoms with van der Waals surface area (Å²) in [6, 6.07) is 2.43. The summed E-state index contributed by atoms with van der Waals surface area (Å²) in [6.07, 6.45) is 1.19. The molecule has 6 nitrogen and oxygen atoms in total. The van der Waals surface area contributed by atoms with Crippen LogP contribution >= 0.6 is 0 Å². The van der Waals surface area contributed by atoms with Crippen molar-refractivity contribution in [3.8, 4) is 0 Å². The van der Waals surface area contributed by atoms with Crippen LogP contribution in [0, 0.1) is 17.6 Å². The number of aliphatic hydroxyl groups excluding tert-OH is 1. The molecular formula is C15H20F2N2O4S. The van der Waals surface area contributed by atoms with Gasteiger partial charge in [0.25, 0.3) is 0 Å². The molecule has 1 amide bonds. The summed E-state index contributed by atoms with van der Waals surface area (Å²) in [7, 11) is -3.39. The maximum atomic E-state index is 14.0. The maximum Gasteiger partial charge on any atom is 0.221 e. The van der Waals surface area contributed by atoms with Crippen molar-refractivity contribution in [1.82, 2.24) is 10.0 Å². The van der Waals surface area contributed by atoms with Crippen LogP contribution in [0.2, 0.25) is 0 Å². The third-order valence-corrected chi connectivity index (χ3v) is 4.68. The quantitative estimate of drug-likeness (QED) is 0.670. The van der Waals surface area contributed by atoms with Crippen LogP contribution in [0.25, 0.3) is 0 Å². The van der Waals surface area contributed by atoms with E-state index in [1.165, 1.54) is 6.07 Å². The molecule has 1 saturated carbocycles. The predicted octanol–water partition coefficient (Wildman–Crippen LogP) is 0.832. The lowest BCUT2D eigenvalue weighted by Gasteiger charge is -2.38. The van der Waals surface area contributed by atoms with E-state index in [1.54, 1.807) is 0 Å². The van der Waals surface area contributed by atoms with Crippen LogP contribution in [0.4, 0.5) is 8.78 Å². The van der Waals surface area contributed by atoms with E-state index in [-0.39, 0.29) is 24.4 Å². The van der Waals surface area contributed by atoms with Crippen molar-refractivity contribution in [2.24, 2.45) is 5.92 Å². The lowest BCUT2D eigenvalue weighted by Crippen LogP contribution is -2.42. The molecule has 2 rings (SSSR count). The molecule has 1 aliphatic carbocycles.